The summed E-state index contributed by atoms with van der Waals surface area (Å²) in [7, 11) is -2.51. The number of oxazole rings is 1. The van der Waals surface area contributed by atoms with Crippen LogP contribution >= 0.6 is 10.6 Å². The average Bonchev–Trinajstić information content (AvgIpc) is 3.61. The molecular weight excluding hydrogens is 550 g/mol. The van der Waals surface area contributed by atoms with Crippen LogP contribution < -0.4 is 10.2 Å². The predicted molar refractivity (Wildman–Crippen MR) is 153 cm³/mol. The summed E-state index contributed by atoms with van der Waals surface area (Å²) in [6.07, 6.45) is 4.39. The molecule has 0 bridgehead atoms. The van der Waals surface area contributed by atoms with Crippen molar-refractivity contribution in [3.8, 4) is 28.8 Å². The van der Waals surface area contributed by atoms with Gasteiger partial charge < -0.3 is 14.6 Å². The predicted octanol–water partition coefficient (Wildman–Crippen LogP) is 6.30. The second-order valence-corrected chi connectivity index (χ2v) is 13.7. The van der Waals surface area contributed by atoms with Gasteiger partial charge >= 0.3 is 0 Å². The number of nitrogens with one attached hydrogen (secondary N) is 1. The number of halogens is 2. The largest absolute Gasteiger partial charge is 0.440 e. The van der Waals surface area contributed by atoms with Crippen LogP contribution in [0.3, 0.4) is 0 Å². The number of anilines is 1. The number of nitrogens with zero attached hydrogens (tertiary/aromatic N) is 3. The molecule has 0 unspecified atom stereocenters. The van der Waals surface area contributed by atoms with Gasteiger partial charge in [0.15, 0.2) is 11.6 Å². The van der Waals surface area contributed by atoms with E-state index in [0.717, 1.165) is 36.2 Å². The first-order valence-electron chi connectivity index (χ1n) is 14.0. The monoisotopic (exact) mass is 582 g/mol. The van der Waals surface area contributed by atoms with Crippen molar-refractivity contribution in [2.24, 2.45) is 5.92 Å². The first-order valence-corrected chi connectivity index (χ1v) is 15.8. The maximum Gasteiger partial charge on any atom is 0.226 e. The van der Waals surface area contributed by atoms with E-state index < -0.39 is 33.7 Å². The molecule has 3 N–H and O–H groups in total. The lowest BCUT2D eigenvalue weighted by Gasteiger charge is -2.41. The molecule has 2 atom stereocenters. The molecule has 3 aromatic rings. The third kappa shape index (κ3) is 5.69. The topological polar surface area (TPSA) is 123 Å². The van der Waals surface area contributed by atoms with E-state index in [9.17, 15) is 27.9 Å². The molecule has 41 heavy (non-hydrogen) atoms. The number of carbonyl (C=O) groups excluding carboxylic acids is 1. The van der Waals surface area contributed by atoms with Gasteiger partial charge in [-0.1, -0.05) is 25.0 Å². The number of nitriles is 1. The van der Waals surface area contributed by atoms with E-state index in [0.29, 0.717) is 67.3 Å². The number of aromatic nitrogens is 1. The van der Waals surface area contributed by atoms with Gasteiger partial charge in [0.1, 0.15) is 17.0 Å². The summed E-state index contributed by atoms with van der Waals surface area (Å²) in [6, 6.07) is 13.4. The van der Waals surface area contributed by atoms with Crippen molar-refractivity contribution >= 4 is 22.2 Å². The van der Waals surface area contributed by atoms with Crippen LogP contribution in [-0.4, -0.2) is 50.1 Å². The average molecular weight is 583 g/mol. The molecule has 3 aliphatic rings. The summed E-state index contributed by atoms with van der Waals surface area (Å²) >= 11 is 0. The number of hydrogen-bond acceptors (Lipinski definition) is 7. The van der Waals surface area contributed by atoms with E-state index in [-0.39, 0.29) is 17.7 Å². The van der Waals surface area contributed by atoms with Crippen molar-refractivity contribution in [2.45, 2.75) is 50.0 Å². The van der Waals surface area contributed by atoms with E-state index in [4.69, 9.17) is 9.40 Å². The van der Waals surface area contributed by atoms with Crippen molar-refractivity contribution in [3.63, 3.8) is 0 Å². The van der Waals surface area contributed by atoms with Gasteiger partial charge in [-0.2, -0.15) is 15.9 Å². The fourth-order valence-electron chi connectivity index (χ4n) is 5.83. The smallest absolute Gasteiger partial charge is 0.226 e. The van der Waals surface area contributed by atoms with E-state index in [1.165, 1.54) is 6.07 Å². The van der Waals surface area contributed by atoms with Crippen LogP contribution in [0.5, 0.6) is 0 Å². The highest BCUT2D eigenvalue weighted by atomic mass is 32.3. The minimum absolute atomic E-state index is 0.139. The van der Waals surface area contributed by atoms with Crippen LogP contribution in [0.15, 0.2) is 46.9 Å². The number of amides is 1. The molecule has 6 rings (SSSR count). The highest BCUT2D eigenvalue weighted by Gasteiger charge is 2.47. The van der Waals surface area contributed by atoms with E-state index in [1.807, 2.05) is 24.3 Å². The Morgan fingerprint density at radius 3 is 2.39 bits per heavy atom. The molecule has 2 aromatic carbocycles. The molecule has 216 valence electrons. The Labute approximate surface area is 238 Å². The zero-order chi connectivity index (χ0) is 28.8. The molecule has 1 saturated heterocycles. The van der Waals surface area contributed by atoms with E-state index in [2.05, 4.69) is 16.3 Å². The fraction of sp³-hybridized carbons (Fsp3) is 0.433. The molecular formula is C30H32F2N4O4S. The lowest BCUT2D eigenvalue weighted by Crippen LogP contribution is -2.42. The van der Waals surface area contributed by atoms with Gasteiger partial charge in [-0.25, -0.2) is 13.8 Å². The second-order valence-electron chi connectivity index (χ2n) is 11.3. The van der Waals surface area contributed by atoms with Crippen LogP contribution in [0.25, 0.3) is 22.7 Å². The molecule has 1 amide bonds. The molecule has 2 saturated carbocycles. The van der Waals surface area contributed by atoms with Crippen molar-refractivity contribution in [2.75, 3.05) is 29.5 Å². The summed E-state index contributed by atoms with van der Waals surface area (Å²) in [4.78, 5) is 20.3. The number of carbonyl (C=O) groups is 1. The molecule has 1 aromatic heterocycles. The molecule has 8 nitrogen and oxygen atoms in total. The lowest BCUT2D eigenvalue weighted by molar-refractivity contribution is -0.127. The molecule has 1 aliphatic heterocycles. The number of benzene rings is 2. The highest BCUT2D eigenvalue weighted by molar-refractivity contribution is 8.24. The summed E-state index contributed by atoms with van der Waals surface area (Å²) in [6.45, 7) is 1.08. The van der Waals surface area contributed by atoms with Crippen LogP contribution in [0.1, 0.15) is 50.2 Å². The van der Waals surface area contributed by atoms with Gasteiger partial charge in [0.2, 0.25) is 11.8 Å². The first-order chi connectivity index (χ1) is 19.7. The maximum atomic E-state index is 14.1. The van der Waals surface area contributed by atoms with Crippen LogP contribution in [0, 0.1) is 28.9 Å². The SMILES string of the molecule is N#CC1(NC(=O)[C@@H]2CCCC[C@H]2c2oc(-c3ccc(F)c(F)c3)nc2-c2ccc(N3CCS(O)(O)CC3)cc2)CC1. The quantitative estimate of drug-likeness (QED) is 0.312. The summed E-state index contributed by atoms with van der Waals surface area (Å²) < 4.78 is 54.0. The number of rotatable bonds is 6. The van der Waals surface area contributed by atoms with Gasteiger partial charge in [-0.15, -0.1) is 0 Å². The Hall–Kier alpha value is -3.46. The highest BCUT2D eigenvalue weighted by Crippen LogP contribution is 2.45. The van der Waals surface area contributed by atoms with Gasteiger partial charge in [0.05, 0.1) is 17.6 Å². The fourth-order valence-corrected chi connectivity index (χ4v) is 7.06. The van der Waals surface area contributed by atoms with Gasteiger partial charge in [0, 0.05) is 41.7 Å². The summed E-state index contributed by atoms with van der Waals surface area (Å²) in [5, 5.41) is 12.5. The van der Waals surface area contributed by atoms with E-state index in [1.54, 1.807) is 0 Å². The van der Waals surface area contributed by atoms with Crippen LogP contribution in [-0.2, 0) is 4.79 Å². The van der Waals surface area contributed by atoms with Crippen molar-refractivity contribution in [3.05, 3.63) is 59.9 Å². The molecule has 2 aliphatic carbocycles. The third-order valence-electron chi connectivity index (χ3n) is 8.47. The lowest BCUT2D eigenvalue weighted by atomic mass is 9.76. The van der Waals surface area contributed by atoms with Crippen molar-refractivity contribution in [1.29, 1.82) is 5.26 Å². The van der Waals surface area contributed by atoms with Crippen molar-refractivity contribution in [1.82, 2.24) is 10.3 Å². The Morgan fingerprint density at radius 2 is 1.73 bits per heavy atom. The van der Waals surface area contributed by atoms with Gasteiger partial charge in [-0.3, -0.25) is 13.9 Å². The van der Waals surface area contributed by atoms with Gasteiger partial charge in [-0.05, 0) is 56.0 Å². The second kappa shape index (κ2) is 10.7. The third-order valence-corrected chi connectivity index (χ3v) is 10.1. The van der Waals surface area contributed by atoms with Crippen LogP contribution in [0.4, 0.5) is 14.5 Å². The Bertz CT molecular complexity index is 1490. The normalized spacial score (nSPS) is 23.8. The van der Waals surface area contributed by atoms with Gasteiger partial charge in [0.25, 0.3) is 0 Å². The minimum Gasteiger partial charge on any atom is -0.440 e. The zero-order valence-corrected chi connectivity index (χ0v) is 23.3. The molecule has 0 spiro atoms. The molecule has 11 heteroatoms. The minimum atomic E-state index is -2.51. The Morgan fingerprint density at radius 1 is 1.05 bits per heavy atom. The summed E-state index contributed by atoms with van der Waals surface area (Å²) in [5.41, 5.74) is 1.74. The summed E-state index contributed by atoms with van der Waals surface area (Å²) in [5.74, 6) is -1.53. The Balaban J connectivity index is 1.35. The molecule has 2 heterocycles. The van der Waals surface area contributed by atoms with E-state index >= 15 is 0 Å². The standard InChI is InChI=1S/C30H32F2N4O4S/c31-24-10-7-20(17-25(24)32)29-34-26(19-5-8-21(9-6-19)36-13-15-41(38,39)16-14-36)27(40-29)22-3-1-2-4-23(22)28(37)35-30(18-33)11-12-30/h5-10,17,22-23,38-39H,1-4,11-16H2,(H,35,37)/t22-,23-/m1/s1. The maximum absolute atomic E-state index is 14.1. The molecule has 3 fully saturated rings. The zero-order valence-electron chi connectivity index (χ0n) is 22.5. The van der Waals surface area contributed by atoms with Crippen molar-refractivity contribution < 1.29 is 27.1 Å². The Kier molecular flexibility index (Phi) is 7.26. The van der Waals surface area contributed by atoms with Crippen LogP contribution in [0.2, 0.25) is 0 Å². The molecule has 0 radical (unpaired) electrons. The first kappa shape index (κ1) is 27.7. The number of hydrogen-bond donors (Lipinski definition) is 3.